The van der Waals surface area contributed by atoms with Crippen LogP contribution in [0.2, 0.25) is 0 Å². The van der Waals surface area contributed by atoms with Gasteiger partial charge in [-0.2, -0.15) is 18.4 Å². The van der Waals surface area contributed by atoms with Crippen molar-refractivity contribution >= 4 is 11.6 Å². The highest BCUT2D eigenvalue weighted by molar-refractivity contribution is 5.78. The van der Waals surface area contributed by atoms with Crippen LogP contribution in [0.3, 0.4) is 0 Å². The fraction of sp³-hybridized carbons (Fsp3) is 0.600. The van der Waals surface area contributed by atoms with Crippen LogP contribution in [0.15, 0.2) is 18.2 Å². The van der Waals surface area contributed by atoms with Crippen LogP contribution in [-0.4, -0.2) is 61.0 Å². The SMILES string of the molecule is CC1CCCCN1C(=O)CN1CCN(c2ccc(C#N)c(C(F)(F)F)c2)CC1. The Labute approximate surface area is 163 Å². The van der Waals surface area contributed by atoms with Crippen molar-refractivity contribution in [2.24, 2.45) is 0 Å². The summed E-state index contributed by atoms with van der Waals surface area (Å²) in [5.74, 6) is 0.137. The van der Waals surface area contributed by atoms with Crippen molar-refractivity contribution in [3.05, 3.63) is 29.3 Å². The van der Waals surface area contributed by atoms with E-state index >= 15 is 0 Å². The molecule has 1 atom stereocenters. The maximum atomic E-state index is 13.2. The molecule has 5 nitrogen and oxygen atoms in total. The van der Waals surface area contributed by atoms with Gasteiger partial charge in [0.25, 0.3) is 0 Å². The monoisotopic (exact) mass is 394 g/mol. The first-order valence-corrected chi connectivity index (χ1v) is 9.67. The number of benzene rings is 1. The maximum absolute atomic E-state index is 13.2. The van der Waals surface area contributed by atoms with Gasteiger partial charge in [0, 0.05) is 44.5 Å². The summed E-state index contributed by atoms with van der Waals surface area (Å²) in [6.07, 6.45) is -1.31. The summed E-state index contributed by atoms with van der Waals surface area (Å²) in [6, 6.07) is 5.72. The Kier molecular flexibility index (Phi) is 6.14. The maximum Gasteiger partial charge on any atom is 0.417 e. The highest BCUT2D eigenvalue weighted by Crippen LogP contribution is 2.34. The number of piperidine rings is 1. The number of carbonyl (C=O) groups excluding carboxylic acids is 1. The highest BCUT2D eigenvalue weighted by Gasteiger charge is 2.34. The minimum Gasteiger partial charge on any atom is -0.369 e. The molecule has 0 bridgehead atoms. The van der Waals surface area contributed by atoms with E-state index in [9.17, 15) is 18.0 Å². The Morgan fingerprint density at radius 3 is 2.50 bits per heavy atom. The van der Waals surface area contributed by atoms with Gasteiger partial charge in [0.15, 0.2) is 0 Å². The fourth-order valence-electron chi connectivity index (χ4n) is 3.98. The standard InChI is InChI=1S/C20H25F3N4O/c1-15-4-2-3-7-27(15)19(28)14-25-8-10-26(11-9-25)17-6-5-16(13-24)18(12-17)20(21,22)23/h5-6,12,15H,2-4,7-11,14H2,1H3. The van der Waals surface area contributed by atoms with Crippen molar-refractivity contribution in [3.63, 3.8) is 0 Å². The second kappa shape index (κ2) is 8.39. The molecule has 2 aliphatic heterocycles. The van der Waals surface area contributed by atoms with Crippen LogP contribution in [0.4, 0.5) is 18.9 Å². The van der Waals surface area contributed by atoms with Crippen molar-refractivity contribution in [2.75, 3.05) is 44.2 Å². The molecule has 1 aromatic rings. The summed E-state index contributed by atoms with van der Waals surface area (Å²) in [7, 11) is 0. The molecule has 1 unspecified atom stereocenters. The number of halogens is 3. The molecule has 2 heterocycles. The lowest BCUT2D eigenvalue weighted by Crippen LogP contribution is -2.52. The first-order chi connectivity index (χ1) is 13.3. The zero-order chi connectivity index (χ0) is 20.3. The van der Waals surface area contributed by atoms with E-state index in [1.165, 1.54) is 6.07 Å². The van der Waals surface area contributed by atoms with Crippen LogP contribution in [-0.2, 0) is 11.0 Å². The lowest BCUT2D eigenvalue weighted by molar-refractivity contribution is -0.138. The average Bonchev–Trinajstić information content (AvgIpc) is 2.67. The summed E-state index contributed by atoms with van der Waals surface area (Å²) in [5, 5.41) is 8.92. The normalized spacial score (nSPS) is 21.5. The van der Waals surface area contributed by atoms with Crippen LogP contribution in [0, 0.1) is 11.3 Å². The van der Waals surface area contributed by atoms with E-state index in [-0.39, 0.29) is 17.5 Å². The molecule has 0 aliphatic carbocycles. The van der Waals surface area contributed by atoms with Crippen molar-refractivity contribution in [1.29, 1.82) is 5.26 Å². The van der Waals surface area contributed by atoms with Crippen LogP contribution >= 0.6 is 0 Å². The van der Waals surface area contributed by atoms with E-state index in [0.29, 0.717) is 38.4 Å². The summed E-state index contributed by atoms with van der Waals surface area (Å²) in [4.78, 5) is 18.5. The first-order valence-electron chi connectivity index (χ1n) is 9.67. The Hall–Kier alpha value is -2.27. The number of anilines is 1. The lowest BCUT2D eigenvalue weighted by Gasteiger charge is -2.38. The molecule has 152 valence electrons. The fourth-order valence-corrected chi connectivity index (χ4v) is 3.98. The molecule has 0 aromatic heterocycles. The summed E-state index contributed by atoms with van der Waals surface area (Å²) in [5.41, 5.74) is -0.803. The van der Waals surface area contributed by atoms with Crippen LogP contribution in [0.1, 0.15) is 37.3 Å². The second-order valence-electron chi connectivity index (χ2n) is 7.53. The Morgan fingerprint density at radius 1 is 1.18 bits per heavy atom. The number of piperazine rings is 1. The zero-order valence-corrected chi connectivity index (χ0v) is 16.0. The molecule has 2 aliphatic rings. The van der Waals surface area contributed by atoms with Gasteiger partial charge in [0.2, 0.25) is 5.91 Å². The van der Waals surface area contributed by atoms with Gasteiger partial charge in [0.05, 0.1) is 23.7 Å². The highest BCUT2D eigenvalue weighted by atomic mass is 19.4. The molecule has 2 saturated heterocycles. The number of hydrogen-bond donors (Lipinski definition) is 0. The smallest absolute Gasteiger partial charge is 0.369 e. The third-order valence-electron chi connectivity index (χ3n) is 5.65. The summed E-state index contributed by atoms with van der Waals surface area (Å²) < 4.78 is 39.5. The number of alkyl halides is 3. The molecular weight excluding hydrogens is 369 g/mol. The van der Waals surface area contributed by atoms with E-state index in [2.05, 4.69) is 11.8 Å². The van der Waals surface area contributed by atoms with Gasteiger partial charge in [-0.15, -0.1) is 0 Å². The Balaban J connectivity index is 1.60. The lowest BCUT2D eigenvalue weighted by atomic mass is 10.0. The number of hydrogen-bond acceptors (Lipinski definition) is 4. The molecule has 0 radical (unpaired) electrons. The number of carbonyl (C=O) groups is 1. The number of nitriles is 1. The molecule has 1 amide bonds. The minimum absolute atomic E-state index is 0.137. The van der Waals surface area contributed by atoms with Crippen LogP contribution in [0.5, 0.6) is 0 Å². The van der Waals surface area contributed by atoms with Gasteiger partial charge in [0.1, 0.15) is 0 Å². The molecular formula is C20H25F3N4O. The van der Waals surface area contributed by atoms with E-state index in [4.69, 9.17) is 5.26 Å². The summed E-state index contributed by atoms with van der Waals surface area (Å²) in [6.45, 7) is 5.59. The van der Waals surface area contributed by atoms with Gasteiger partial charge < -0.3 is 9.80 Å². The molecule has 0 spiro atoms. The van der Waals surface area contributed by atoms with Gasteiger partial charge in [-0.1, -0.05) is 0 Å². The molecule has 0 N–H and O–H groups in total. The van der Waals surface area contributed by atoms with Crippen molar-refractivity contribution in [1.82, 2.24) is 9.80 Å². The minimum atomic E-state index is -4.56. The average molecular weight is 394 g/mol. The molecule has 0 saturated carbocycles. The quantitative estimate of drug-likeness (QED) is 0.791. The third-order valence-corrected chi connectivity index (χ3v) is 5.65. The molecule has 2 fully saturated rings. The molecule has 8 heteroatoms. The predicted octanol–water partition coefficient (Wildman–Crippen LogP) is 3.10. The number of nitrogens with zero attached hydrogens (tertiary/aromatic N) is 4. The zero-order valence-electron chi connectivity index (χ0n) is 16.0. The van der Waals surface area contributed by atoms with Crippen LogP contribution < -0.4 is 4.90 Å². The summed E-state index contributed by atoms with van der Waals surface area (Å²) >= 11 is 0. The van der Waals surface area contributed by atoms with Gasteiger partial charge in [-0.3, -0.25) is 9.69 Å². The van der Waals surface area contributed by atoms with E-state index in [0.717, 1.165) is 31.9 Å². The molecule has 3 rings (SSSR count). The Morgan fingerprint density at radius 2 is 1.89 bits per heavy atom. The third kappa shape index (κ3) is 4.58. The molecule has 1 aromatic carbocycles. The topological polar surface area (TPSA) is 50.6 Å². The van der Waals surface area contributed by atoms with Crippen molar-refractivity contribution in [3.8, 4) is 6.07 Å². The predicted molar refractivity (Wildman–Crippen MR) is 99.8 cm³/mol. The van der Waals surface area contributed by atoms with Crippen molar-refractivity contribution < 1.29 is 18.0 Å². The second-order valence-corrected chi connectivity index (χ2v) is 7.53. The number of likely N-dealkylation sites (tertiary alicyclic amines) is 1. The van der Waals surface area contributed by atoms with Gasteiger partial charge >= 0.3 is 6.18 Å². The Bertz CT molecular complexity index is 751. The molecule has 28 heavy (non-hydrogen) atoms. The number of amides is 1. The van der Waals surface area contributed by atoms with E-state index < -0.39 is 11.7 Å². The first kappa shape index (κ1) is 20.5. The van der Waals surface area contributed by atoms with E-state index in [1.54, 1.807) is 12.1 Å². The van der Waals surface area contributed by atoms with Crippen LogP contribution in [0.25, 0.3) is 0 Å². The van der Waals surface area contributed by atoms with E-state index in [1.807, 2.05) is 9.80 Å². The number of rotatable bonds is 3. The van der Waals surface area contributed by atoms with Crippen molar-refractivity contribution in [2.45, 2.75) is 38.4 Å². The van der Waals surface area contributed by atoms with Gasteiger partial charge in [-0.05, 0) is 44.4 Å². The van der Waals surface area contributed by atoms with Gasteiger partial charge in [-0.25, -0.2) is 0 Å². The largest absolute Gasteiger partial charge is 0.417 e.